The summed E-state index contributed by atoms with van der Waals surface area (Å²) in [5.74, 6) is 0.0174. The largest absolute Gasteiger partial charge is 0.364 e. The fraction of sp³-hybridized carbons (Fsp3) is 0.333. The monoisotopic (exact) mass is 125 g/mol. The Hall–Kier alpha value is -1.12. The molecule has 0 saturated heterocycles. The van der Waals surface area contributed by atoms with E-state index in [1.807, 2.05) is 0 Å². The van der Waals surface area contributed by atoms with Crippen LogP contribution in [0.5, 0.6) is 0 Å². The van der Waals surface area contributed by atoms with Crippen molar-refractivity contribution in [3.05, 3.63) is 18.0 Å². The molecule has 0 saturated carbocycles. The van der Waals surface area contributed by atoms with Crippen molar-refractivity contribution < 1.29 is 9.32 Å². The Bertz CT molecular complexity index is 191. The van der Waals surface area contributed by atoms with Gasteiger partial charge in [-0.3, -0.25) is 4.79 Å². The molecule has 48 valence electrons. The highest BCUT2D eigenvalue weighted by molar-refractivity contribution is 5.93. The highest BCUT2D eigenvalue weighted by Crippen LogP contribution is 1.97. The SMILES string of the molecule is CCC(=O)c1ccon1. The summed E-state index contributed by atoms with van der Waals surface area (Å²) in [7, 11) is 0. The van der Waals surface area contributed by atoms with Crippen molar-refractivity contribution >= 4 is 5.78 Å². The van der Waals surface area contributed by atoms with Gasteiger partial charge in [-0.2, -0.15) is 0 Å². The van der Waals surface area contributed by atoms with Gasteiger partial charge in [-0.25, -0.2) is 0 Å². The molecule has 0 spiro atoms. The predicted molar refractivity (Wildman–Crippen MR) is 31.1 cm³/mol. The zero-order valence-corrected chi connectivity index (χ0v) is 5.13. The van der Waals surface area contributed by atoms with Gasteiger partial charge in [-0.15, -0.1) is 0 Å². The number of carbonyl (C=O) groups is 1. The highest BCUT2D eigenvalue weighted by Gasteiger charge is 2.03. The van der Waals surface area contributed by atoms with E-state index in [1.165, 1.54) is 6.26 Å². The lowest BCUT2D eigenvalue weighted by Gasteiger charge is -1.83. The molecule has 3 heteroatoms. The summed E-state index contributed by atoms with van der Waals surface area (Å²) in [5, 5.41) is 3.46. The normalized spacial score (nSPS) is 9.44. The van der Waals surface area contributed by atoms with Gasteiger partial charge in [-0.1, -0.05) is 12.1 Å². The van der Waals surface area contributed by atoms with E-state index in [0.717, 1.165) is 0 Å². The van der Waals surface area contributed by atoms with E-state index in [4.69, 9.17) is 0 Å². The van der Waals surface area contributed by atoms with Crippen molar-refractivity contribution in [2.75, 3.05) is 0 Å². The van der Waals surface area contributed by atoms with Crippen LogP contribution in [-0.4, -0.2) is 10.9 Å². The number of Topliss-reactive ketones (excluding diaryl/α,β-unsaturated/α-hetero) is 1. The van der Waals surface area contributed by atoms with Crippen molar-refractivity contribution in [1.29, 1.82) is 0 Å². The first-order valence-corrected chi connectivity index (χ1v) is 2.78. The Morgan fingerprint density at radius 3 is 3.11 bits per heavy atom. The molecule has 0 atom stereocenters. The summed E-state index contributed by atoms with van der Waals surface area (Å²) in [6.07, 6.45) is 1.87. The lowest BCUT2D eigenvalue weighted by molar-refractivity contribution is 0.0979. The number of hydrogen-bond acceptors (Lipinski definition) is 3. The Morgan fingerprint density at radius 1 is 1.89 bits per heavy atom. The number of aromatic nitrogens is 1. The van der Waals surface area contributed by atoms with Crippen LogP contribution in [0.25, 0.3) is 0 Å². The molecule has 0 aliphatic heterocycles. The van der Waals surface area contributed by atoms with Gasteiger partial charge in [0.15, 0.2) is 5.78 Å². The first-order valence-electron chi connectivity index (χ1n) is 2.78. The zero-order valence-electron chi connectivity index (χ0n) is 5.13. The molecule has 0 aliphatic carbocycles. The van der Waals surface area contributed by atoms with Crippen LogP contribution in [0.1, 0.15) is 23.8 Å². The molecule has 1 heterocycles. The Balaban J connectivity index is 2.77. The Morgan fingerprint density at radius 2 is 2.67 bits per heavy atom. The third-order valence-corrected chi connectivity index (χ3v) is 1.04. The van der Waals surface area contributed by atoms with Crippen LogP contribution >= 0.6 is 0 Å². The molecule has 1 rings (SSSR count). The zero-order chi connectivity index (χ0) is 6.69. The summed E-state index contributed by atoms with van der Waals surface area (Å²) in [4.78, 5) is 10.8. The maximum atomic E-state index is 10.8. The molecule has 0 bridgehead atoms. The van der Waals surface area contributed by atoms with E-state index in [9.17, 15) is 4.79 Å². The first-order chi connectivity index (χ1) is 4.34. The molecule has 3 nitrogen and oxygen atoms in total. The minimum Gasteiger partial charge on any atom is -0.364 e. The average Bonchev–Trinajstić information content (AvgIpc) is 2.37. The quantitative estimate of drug-likeness (QED) is 0.559. The van der Waals surface area contributed by atoms with Crippen molar-refractivity contribution in [1.82, 2.24) is 5.16 Å². The molecular formula is C6H7NO2. The molecule has 1 aromatic heterocycles. The smallest absolute Gasteiger partial charge is 0.184 e. The number of rotatable bonds is 2. The molecule has 0 fully saturated rings. The van der Waals surface area contributed by atoms with Crippen LogP contribution in [-0.2, 0) is 0 Å². The van der Waals surface area contributed by atoms with Gasteiger partial charge in [0.05, 0.1) is 0 Å². The van der Waals surface area contributed by atoms with Crippen molar-refractivity contribution in [2.45, 2.75) is 13.3 Å². The third kappa shape index (κ3) is 1.16. The Kier molecular flexibility index (Phi) is 1.63. The van der Waals surface area contributed by atoms with Crippen LogP contribution in [0.4, 0.5) is 0 Å². The molecule has 0 amide bonds. The fourth-order valence-corrected chi connectivity index (χ4v) is 0.537. The lowest BCUT2D eigenvalue weighted by atomic mass is 10.2. The Labute approximate surface area is 52.7 Å². The minimum atomic E-state index is 0.0174. The van der Waals surface area contributed by atoms with Crippen LogP contribution in [0.3, 0.4) is 0 Å². The topological polar surface area (TPSA) is 43.1 Å². The van der Waals surface area contributed by atoms with Crippen LogP contribution in [0.15, 0.2) is 16.9 Å². The van der Waals surface area contributed by atoms with Gasteiger partial charge in [0.1, 0.15) is 12.0 Å². The number of carbonyl (C=O) groups excluding carboxylic acids is 1. The maximum Gasteiger partial charge on any atom is 0.184 e. The standard InChI is InChI=1S/C6H7NO2/c1-2-6(8)5-3-4-9-7-5/h3-4H,2H2,1H3. The van der Waals surface area contributed by atoms with E-state index in [0.29, 0.717) is 12.1 Å². The number of ketones is 1. The molecule has 1 aromatic rings. The summed E-state index contributed by atoms with van der Waals surface area (Å²) in [5.41, 5.74) is 0.414. The third-order valence-electron chi connectivity index (χ3n) is 1.04. The molecule has 9 heavy (non-hydrogen) atoms. The second-order valence-corrected chi connectivity index (χ2v) is 1.66. The van der Waals surface area contributed by atoms with Crippen LogP contribution in [0, 0.1) is 0 Å². The van der Waals surface area contributed by atoms with E-state index in [1.54, 1.807) is 13.0 Å². The van der Waals surface area contributed by atoms with Gasteiger partial charge < -0.3 is 4.52 Å². The minimum absolute atomic E-state index is 0.0174. The van der Waals surface area contributed by atoms with Crippen LogP contribution < -0.4 is 0 Å². The second kappa shape index (κ2) is 2.44. The summed E-state index contributed by atoms with van der Waals surface area (Å²) < 4.78 is 4.47. The van der Waals surface area contributed by atoms with E-state index in [2.05, 4.69) is 9.68 Å². The molecule has 0 unspecified atom stereocenters. The first kappa shape index (κ1) is 6.01. The highest BCUT2D eigenvalue weighted by atomic mass is 16.5. The van der Waals surface area contributed by atoms with Crippen molar-refractivity contribution in [2.24, 2.45) is 0 Å². The summed E-state index contributed by atoms with van der Waals surface area (Å²) in [6.45, 7) is 1.79. The van der Waals surface area contributed by atoms with E-state index >= 15 is 0 Å². The van der Waals surface area contributed by atoms with E-state index in [-0.39, 0.29) is 5.78 Å². The van der Waals surface area contributed by atoms with Gasteiger partial charge in [-0.05, 0) is 0 Å². The maximum absolute atomic E-state index is 10.8. The summed E-state index contributed by atoms with van der Waals surface area (Å²) in [6, 6.07) is 1.56. The van der Waals surface area contributed by atoms with Gasteiger partial charge in [0.25, 0.3) is 0 Å². The molecule has 0 aromatic carbocycles. The molecule has 0 aliphatic rings. The van der Waals surface area contributed by atoms with Gasteiger partial charge in [0, 0.05) is 12.5 Å². The molecular weight excluding hydrogens is 118 g/mol. The van der Waals surface area contributed by atoms with Gasteiger partial charge in [0.2, 0.25) is 0 Å². The predicted octanol–water partition coefficient (Wildman–Crippen LogP) is 1.27. The number of nitrogens with zero attached hydrogens (tertiary/aromatic N) is 1. The summed E-state index contributed by atoms with van der Waals surface area (Å²) >= 11 is 0. The van der Waals surface area contributed by atoms with E-state index < -0.39 is 0 Å². The average molecular weight is 125 g/mol. The van der Waals surface area contributed by atoms with Crippen LogP contribution in [0.2, 0.25) is 0 Å². The lowest BCUT2D eigenvalue weighted by Crippen LogP contribution is -1.94. The molecule has 0 N–H and O–H groups in total. The number of hydrogen-bond donors (Lipinski definition) is 0. The van der Waals surface area contributed by atoms with Crippen molar-refractivity contribution in [3.8, 4) is 0 Å². The fourth-order valence-electron chi connectivity index (χ4n) is 0.537. The van der Waals surface area contributed by atoms with Gasteiger partial charge >= 0.3 is 0 Å². The van der Waals surface area contributed by atoms with Crippen molar-refractivity contribution in [3.63, 3.8) is 0 Å². The second-order valence-electron chi connectivity index (χ2n) is 1.66. The molecule has 0 radical (unpaired) electrons.